The smallest absolute Gasteiger partial charge is 0.338 e. The summed E-state index contributed by atoms with van der Waals surface area (Å²) >= 11 is 0. The van der Waals surface area contributed by atoms with E-state index in [2.05, 4.69) is 0 Å². The molecule has 0 N–H and O–H groups in total. The van der Waals surface area contributed by atoms with E-state index in [1.165, 1.54) is 24.3 Å². The summed E-state index contributed by atoms with van der Waals surface area (Å²) < 4.78 is 5.31. The van der Waals surface area contributed by atoms with Crippen LogP contribution in [0.2, 0.25) is 0 Å². The second-order valence-electron chi connectivity index (χ2n) is 4.26. The molecule has 2 rings (SSSR count). The first-order chi connectivity index (χ1) is 9.58. The number of benzene rings is 2. The minimum Gasteiger partial charge on any atom is -0.454 e. The third-order valence-electron chi connectivity index (χ3n) is 2.87. The topological polar surface area (TPSA) is 69.4 Å². The minimum absolute atomic E-state index is 0.0577. The Hall–Kier alpha value is -2.69. The van der Waals surface area contributed by atoms with E-state index in [9.17, 15) is 14.9 Å². The third kappa shape index (κ3) is 3.20. The van der Waals surface area contributed by atoms with E-state index in [0.29, 0.717) is 5.56 Å². The van der Waals surface area contributed by atoms with Gasteiger partial charge in [-0.2, -0.15) is 0 Å². The minimum atomic E-state index is -0.512. The number of nitro benzene ring substituents is 1. The van der Waals surface area contributed by atoms with Gasteiger partial charge in [-0.1, -0.05) is 30.3 Å². The highest BCUT2D eigenvalue weighted by Crippen LogP contribution is 2.19. The fourth-order valence-corrected chi connectivity index (χ4v) is 1.74. The zero-order chi connectivity index (χ0) is 14.5. The van der Waals surface area contributed by atoms with E-state index >= 15 is 0 Å². The third-order valence-corrected chi connectivity index (χ3v) is 2.87. The molecule has 0 aliphatic rings. The summed E-state index contributed by atoms with van der Waals surface area (Å²) in [4.78, 5) is 21.9. The Bertz CT molecular complexity index is 608. The lowest BCUT2D eigenvalue weighted by Gasteiger charge is -2.13. The average Bonchev–Trinajstić information content (AvgIpc) is 2.48. The Labute approximate surface area is 116 Å². The van der Waals surface area contributed by atoms with E-state index < -0.39 is 10.9 Å². The van der Waals surface area contributed by atoms with Crippen LogP contribution in [0.15, 0.2) is 54.6 Å². The van der Waals surface area contributed by atoms with Crippen LogP contribution in [0.1, 0.15) is 28.9 Å². The number of carbonyl (C=O) groups is 1. The van der Waals surface area contributed by atoms with Crippen LogP contribution in [0, 0.1) is 10.1 Å². The number of hydrogen-bond donors (Lipinski definition) is 0. The number of hydrogen-bond acceptors (Lipinski definition) is 4. The van der Waals surface area contributed by atoms with Gasteiger partial charge in [0.05, 0.1) is 10.5 Å². The largest absolute Gasteiger partial charge is 0.454 e. The summed E-state index contributed by atoms with van der Waals surface area (Å²) in [6.07, 6.45) is -0.376. The lowest BCUT2D eigenvalue weighted by molar-refractivity contribution is -0.384. The molecule has 0 radical (unpaired) electrons. The van der Waals surface area contributed by atoms with E-state index in [4.69, 9.17) is 4.74 Å². The molecule has 0 unspecified atom stereocenters. The van der Waals surface area contributed by atoms with E-state index in [1.807, 2.05) is 30.3 Å². The van der Waals surface area contributed by atoms with Crippen molar-refractivity contribution in [1.29, 1.82) is 0 Å². The predicted octanol–water partition coefficient (Wildman–Crippen LogP) is 3.51. The summed E-state index contributed by atoms with van der Waals surface area (Å²) in [6.45, 7) is 1.78. The zero-order valence-corrected chi connectivity index (χ0v) is 10.9. The molecule has 0 aromatic heterocycles. The molecule has 2 aromatic carbocycles. The molecule has 5 heteroatoms. The van der Waals surface area contributed by atoms with Gasteiger partial charge >= 0.3 is 5.97 Å². The Morgan fingerprint density at radius 3 is 2.25 bits per heavy atom. The normalized spacial score (nSPS) is 11.7. The second kappa shape index (κ2) is 5.97. The van der Waals surface area contributed by atoms with Crippen LogP contribution in [0.25, 0.3) is 0 Å². The first kappa shape index (κ1) is 13.7. The van der Waals surface area contributed by atoms with Crippen LogP contribution in [-0.4, -0.2) is 10.9 Å². The van der Waals surface area contributed by atoms with Crippen molar-refractivity contribution in [3.63, 3.8) is 0 Å². The highest BCUT2D eigenvalue weighted by molar-refractivity contribution is 5.89. The second-order valence-corrected chi connectivity index (χ2v) is 4.26. The molecule has 2 aromatic rings. The van der Waals surface area contributed by atoms with Gasteiger partial charge in [0.25, 0.3) is 5.69 Å². The summed E-state index contributed by atoms with van der Waals surface area (Å²) in [6, 6.07) is 14.7. The molecular formula is C15H13NO4. The number of non-ortho nitro benzene ring substituents is 1. The van der Waals surface area contributed by atoms with E-state index in [0.717, 1.165) is 5.56 Å². The van der Waals surface area contributed by atoms with Gasteiger partial charge in [0.1, 0.15) is 6.10 Å². The molecule has 0 amide bonds. The van der Waals surface area contributed by atoms with Crippen LogP contribution in [0.4, 0.5) is 5.69 Å². The highest BCUT2D eigenvalue weighted by atomic mass is 16.6. The Morgan fingerprint density at radius 1 is 1.10 bits per heavy atom. The van der Waals surface area contributed by atoms with Crippen LogP contribution in [0.3, 0.4) is 0 Å². The molecular weight excluding hydrogens is 258 g/mol. The Morgan fingerprint density at radius 2 is 1.70 bits per heavy atom. The SMILES string of the molecule is C[C@H](OC(=O)c1ccc([N+](=O)[O-])cc1)c1ccccc1. The molecule has 0 spiro atoms. The molecule has 5 nitrogen and oxygen atoms in total. The van der Waals surface area contributed by atoms with Crippen molar-refractivity contribution in [2.75, 3.05) is 0 Å². The maximum atomic E-state index is 11.9. The molecule has 0 saturated carbocycles. The van der Waals surface area contributed by atoms with Crippen molar-refractivity contribution in [1.82, 2.24) is 0 Å². The molecule has 1 atom stereocenters. The fraction of sp³-hybridized carbons (Fsp3) is 0.133. The van der Waals surface area contributed by atoms with Crippen LogP contribution in [-0.2, 0) is 4.74 Å². The summed E-state index contributed by atoms with van der Waals surface area (Å²) in [5, 5.41) is 10.5. The van der Waals surface area contributed by atoms with Gasteiger partial charge in [-0.25, -0.2) is 4.79 Å². The molecule has 0 heterocycles. The maximum Gasteiger partial charge on any atom is 0.338 e. The number of nitro groups is 1. The lowest BCUT2D eigenvalue weighted by Crippen LogP contribution is -2.09. The van der Waals surface area contributed by atoms with Gasteiger partial charge in [0, 0.05) is 12.1 Å². The monoisotopic (exact) mass is 271 g/mol. The number of carbonyl (C=O) groups excluding carboxylic acids is 1. The molecule has 0 aliphatic heterocycles. The molecule has 0 bridgehead atoms. The first-order valence-corrected chi connectivity index (χ1v) is 6.08. The zero-order valence-electron chi connectivity index (χ0n) is 10.9. The van der Waals surface area contributed by atoms with Gasteiger partial charge in [-0.3, -0.25) is 10.1 Å². The van der Waals surface area contributed by atoms with E-state index in [-0.39, 0.29) is 11.8 Å². The van der Waals surface area contributed by atoms with Crippen LogP contribution in [0.5, 0.6) is 0 Å². The summed E-state index contributed by atoms with van der Waals surface area (Å²) in [5.41, 5.74) is 1.12. The van der Waals surface area contributed by atoms with Crippen LogP contribution < -0.4 is 0 Å². The predicted molar refractivity (Wildman–Crippen MR) is 73.4 cm³/mol. The van der Waals surface area contributed by atoms with Crippen LogP contribution >= 0.6 is 0 Å². The van der Waals surface area contributed by atoms with Crippen molar-refractivity contribution in [3.05, 3.63) is 75.8 Å². The first-order valence-electron chi connectivity index (χ1n) is 6.08. The number of ether oxygens (including phenoxy) is 1. The van der Waals surface area contributed by atoms with Gasteiger partial charge in [0.2, 0.25) is 0 Å². The van der Waals surface area contributed by atoms with Gasteiger partial charge in [-0.15, -0.1) is 0 Å². The number of rotatable bonds is 4. The molecule has 20 heavy (non-hydrogen) atoms. The van der Waals surface area contributed by atoms with Crippen molar-refractivity contribution in [2.45, 2.75) is 13.0 Å². The lowest BCUT2D eigenvalue weighted by atomic mass is 10.1. The van der Waals surface area contributed by atoms with Crippen molar-refractivity contribution in [2.24, 2.45) is 0 Å². The number of esters is 1. The standard InChI is InChI=1S/C15H13NO4/c1-11(12-5-3-2-4-6-12)20-15(17)13-7-9-14(10-8-13)16(18)19/h2-11H,1H3/t11-/m0/s1. The molecule has 0 fully saturated rings. The highest BCUT2D eigenvalue weighted by Gasteiger charge is 2.14. The summed E-state index contributed by atoms with van der Waals surface area (Å²) in [7, 11) is 0. The molecule has 0 aliphatic carbocycles. The average molecular weight is 271 g/mol. The van der Waals surface area contributed by atoms with Crippen molar-refractivity contribution in [3.8, 4) is 0 Å². The van der Waals surface area contributed by atoms with Gasteiger partial charge in [-0.05, 0) is 24.6 Å². The maximum absolute atomic E-state index is 11.9. The van der Waals surface area contributed by atoms with Crippen molar-refractivity contribution >= 4 is 11.7 Å². The Kier molecular flexibility index (Phi) is 4.10. The summed E-state index contributed by atoms with van der Waals surface area (Å²) in [5.74, 6) is -0.503. The number of nitrogens with zero attached hydrogens (tertiary/aromatic N) is 1. The van der Waals surface area contributed by atoms with Crippen molar-refractivity contribution < 1.29 is 14.5 Å². The quantitative estimate of drug-likeness (QED) is 0.484. The Balaban J connectivity index is 2.06. The molecule has 102 valence electrons. The molecule has 0 saturated heterocycles. The van der Waals surface area contributed by atoms with Gasteiger partial charge in [0.15, 0.2) is 0 Å². The van der Waals surface area contributed by atoms with E-state index in [1.54, 1.807) is 6.92 Å². The van der Waals surface area contributed by atoms with Gasteiger partial charge < -0.3 is 4.74 Å². The fourth-order valence-electron chi connectivity index (χ4n) is 1.74.